The molecule has 0 unspecified atom stereocenters. The Balaban J connectivity index is 2.44. The topological polar surface area (TPSA) is 95.9 Å². The maximum atomic E-state index is 12.5. The SMILES string of the molecule is COCCNS(=O)(=O)c1cc(C(=O)O)cc(-c2ccc([C@H](C)N(C)C)cc2)c1. The van der Waals surface area contributed by atoms with Crippen molar-refractivity contribution in [2.45, 2.75) is 17.9 Å². The molecule has 0 spiro atoms. The molecule has 0 aliphatic heterocycles. The van der Waals surface area contributed by atoms with Gasteiger partial charge in [-0.25, -0.2) is 17.9 Å². The first-order valence-corrected chi connectivity index (χ1v) is 10.3. The van der Waals surface area contributed by atoms with Gasteiger partial charge in [0, 0.05) is 19.7 Å². The molecule has 2 N–H and O–H groups in total. The first-order valence-electron chi connectivity index (χ1n) is 8.79. The van der Waals surface area contributed by atoms with Crippen molar-refractivity contribution in [3.63, 3.8) is 0 Å². The number of ether oxygens (including phenoxy) is 1. The van der Waals surface area contributed by atoms with Crippen molar-refractivity contribution in [2.24, 2.45) is 0 Å². The Hall–Kier alpha value is -2.26. The summed E-state index contributed by atoms with van der Waals surface area (Å²) in [6.45, 7) is 2.40. The van der Waals surface area contributed by atoms with Gasteiger partial charge in [-0.05, 0) is 55.9 Å². The van der Waals surface area contributed by atoms with E-state index in [0.717, 1.165) is 17.2 Å². The van der Waals surface area contributed by atoms with Crippen LogP contribution in [0.1, 0.15) is 28.9 Å². The number of hydrogen-bond acceptors (Lipinski definition) is 5. The normalized spacial score (nSPS) is 12.9. The minimum Gasteiger partial charge on any atom is -0.478 e. The first kappa shape index (κ1) is 22.0. The average molecular weight is 407 g/mol. The van der Waals surface area contributed by atoms with Crippen LogP contribution in [-0.2, 0) is 14.8 Å². The molecule has 28 heavy (non-hydrogen) atoms. The van der Waals surface area contributed by atoms with E-state index in [9.17, 15) is 18.3 Å². The lowest BCUT2D eigenvalue weighted by Gasteiger charge is -2.20. The monoisotopic (exact) mass is 406 g/mol. The zero-order chi connectivity index (χ0) is 20.9. The Morgan fingerprint density at radius 2 is 1.79 bits per heavy atom. The molecule has 2 rings (SSSR count). The average Bonchev–Trinajstić information content (AvgIpc) is 2.67. The summed E-state index contributed by atoms with van der Waals surface area (Å²) in [4.78, 5) is 13.5. The third-order valence-electron chi connectivity index (χ3n) is 4.56. The highest BCUT2D eigenvalue weighted by Gasteiger charge is 2.18. The fraction of sp³-hybridized carbons (Fsp3) is 0.350. The van der Waals surface area contributed by atoms with Gasteiger partial charge in [-0.2, -0.15) is 0 Å². The Labute approximate surface area is 166 Å². The molecule has 0 saturated heterocycles. The highest BCUT2D eigenvalue weighted by atomic mass is 32.2. The summed E-state index contributed by atoms with van der Waals surface area (Å²) in [7, 11) is 1.60. The minimum absolute atomic E-state index is 0.0876. The van der Waals surface area contributed by atoms with Crippen LogP contribution in [0.15, 0.2) is 47.4 Å². The lowest BCUT2D eigenvalue weighted by molar-refractivity contribution is 0.0696. The van der Waals surface area contributed by atoms with E-state index in [1.165, 1.54) is 19.2 Å². The van der Waals surface area contributed by atoms with Crippen LogP contribution in [0.5, 0.6) is 0 Å². The quantitative estimate of drug-likeness (QED) is 0.622. The van der Waals surface area contributed by atoms with Crippen molar-refractivity contribution in [1.82, 2.24) is 9.62 Å². The molecule has 2 aromatic rings. The van der Waals surface area contributed by atoms with Gasteiger partial charge in [0.25, 0.3) is 0 Å². The third-order valence-corrected chi connectivity index (χ3v) is 6.00. The lowest BCUT2D eigenvalue weighted by Crippen LogP contribution is -2.27. The number of aromatic carboxylic acids is 1. The second kappa shape index (κ2) is 9.29. The molecule has 0 bridgehead atoms. The number of carboxylic acids is 1. The number of hydrogen-bond donors (Lipinski definition) is 2. The van der Waals surface area contributed by atoms with Crippen LogP contribution in [0.25, 0.3) is 11.1 Å². The van der Waals surface area contributed by atoms with Gasteiger partial charge in [0.15, 0.2) is 0 Å². The highest BCUT2D eigenvalue weighted by Crippen LogP contribution is 2.27. The van der Waals surface area contributed by atoms with Crippen molar-refractivity contribution < 1.29 is 23.1 Å². The molecule has 0 aliphatic carbocycles. The van der Waals surface area contributed by atoms with Crippen molar-refractivity contribution in [2.75, 3.05) is 34.4 Å². The molecule has 0 amide bonds. The number of nitrogens with zero attached hydrogens (tertiary/aromatic N) is 1. The van der Waals surface area contributed by atoms with Crippen LogP contribution in [-0.4, -0.2) is 58.8 Å². The smallest absolute Gasteiger partial charge is 0.335 e. The molecule has 0 saturated carbocycles. The van der Waals surface area contributed by atoms with Gasteiger partial charge in [-0.15, -0.1) is 0 Å². The van der Waals surface area contributed by atoms with Crippen molar-refractivity contribution >= 4 is 16.0 Å². The summed E-state index contributed by atoms with van der Waals surface area (Å²) >= 11 is 0. The van der Waals surface area contributed by atoms with Crippen LogP contribution in [0.3, 0.4) is 0 Å². The van der Waals surface area contributed by atoms with Crippen LogP contribution in [0.4, 0.5) is 0 Å². The second-order valence-corrected chi connectivity index (χ2v) is 8.47. The Morgan fingerprint density at radius 3 is 2.32 bits per heavy atom. The summed E-state index contributed by atoms with van der Waals surface area (Å²) in [6.07, 6.45) is 0. The molecule has 152 valence electrons. The minimum atomic E-state index is -3.85. The van der Waals surface area contributed by atoms with E-state index >= 15 is 0 Å². The third kappa shape index (κ3) is 5.39. The number of benzene rings is 2. The summed E-state index contributed by atoms with van der Waals surface area (Å²) in [5, 5.41) is 9.40. The summed E-state index contributed by atoms with van der Waals surface area (Å²) < 4.78 is 32.3. The van der Waals surface area contributed by atoms with Gasteiger partial charge in [-0.3, -0.25) is 0 Å². The fourth-order valence-corrected chi connectivity index (χ4v) is 3.74. The second-order valence-electron chi connectivity index (χ2n) is 6.70. The fourth-order valence-electron chi connectivity index (χ4n) is 2.66. The van der Waals surface area contributed by atoms with Crippen molar-refractivity contribution in [3.05, 3.63) is 53.6 Å². The molecule has 0 radical (unpaired) electrons. The Kier molecular flexibility index (Phi) is 7.31. The Morgan fingerprint density at radius 1 is 1.14 bits per heavy atom. The molecule has 1 atom stereocenters. The first-order chi connectivity index (χ1) is 13.2. The summed E-state index contributed by atoms with van der Waals surface area (Å²) in [5.74, 6) is -1.19. The van der Waals surface area contributed by atoms with Gasteiger partial charge in [0.05, 0.1) is 17.1 Å². The predicted molar refractivity (Wildman–Crippen MR) is 108 cm³/mol. The van der Waals surface area contributed by atoms with E-state index in [2.05, 4.69) is 16.5 Å². The summed E-state index contributed by atoms with van der Waals surface area (Å²) in [6, 6.07) is 12.0. The summed E-state index contributed by atoms with van der Waals surface area (Å²) in [5.41, 5.74) is 2.29. The standard InChI is InChI=1S/C20H26N2O5S/c1-14(22(2)3)15-5-7-16(8-6-15)17-11-18(20(23)24)13-19(12-17)28(25,26)21-9-10-27-4/h5-8,11-14,21H,9-10H2,1-4H3,(H,23,24)/t14-/m0/s1. The van der Waals surface area contributed by atoms with Gasteiger partial charge in [0.2, 0.25) is 10.0 Å². The maximum Gasteiger partial charge on any atom is 0.335 e. The maximum absolute atomic E-state index is 12.5. The molecule has 2 aromatic carbocycles. The van der Waals surface area contributed by atoms with Gasteiger partial charge < -0.3 is 14.7 Å². The van der Waals surface area contributed by atoms with Gasteiger partial charge >= 0.3 is 5.97 Å². The number of rotatable bonds is 9. The molecule has 0 aliphatic rings. The molecule has 8 heteroatoms. The Bertz CT molecular complexity index is 924. The molecular weight excluding hydrogens is 380 g/mol. The number of carbonyl (C=O) groups is 1. The molecule has 7 nitrogen and oxygen atoms in total. The van der Waals surface area contributed by atoms with E-state index in [1.54, 1.807) is 0 Å². The van der Waals surface area contributed by atoms with Crippen LogP contribution >= 0.6 is 0 Å². The number of methoxy groups -OCH3 is 1. The van der Waals surface area contributed by atoms with E-state index in [4.69, 9.17) is 4.74 Å². The van der Waals surface area contributed by atoms with E-state index in [0.29, 0.717) is 5.56 Å². The molecule has 0 aromatic heterocycles. The van der Waals surface area contributed by atoms with Crippen molar-refractivity contribution in [3.8, 4) is 11.1 Å². The van der Waals surface area contributed by atoms with Gasteiger partial charge in [0.1, 0.15) is 0 Å². The number of nitrogens with one attached hydrogen (secondary N) is 1. The predicted octanol–water partition coefficient (Wildman–Crippen LogP) is 2.60. The van der Waals surface area contributed by atoms with E-state index in [1.807, 2.05) is 38.4 Å². The molecular formula is C20H26N2O5S. The number of sulfonamides is 1. The van der Waals surface area contributed by atoms with Crippen molar-refractivity contribution in [1.29, 1.82) is 0 Å². The highest BCUT2D eigenvalue weighted by molar-refractivity contribution is 7.89. The largest absolute Gasteiger partial charge is 0.478 e. The number of carboxylic acid groups (broad SMARTS) is 1. The zero-order valence-corrected chi connectivity index (χ0v) is 17.3. The van der Waals surface area contributed by atoms with Crippen LogP contribution < -0.4 is 4.72 Å². The molecule has 0 fully saturated rings. The van der Waals surface area contributed by atoms with E-state index < -0.39 is 16.0 Å². The van der Waals surface area contributed by atoms with Crippen LogP contribution in [0, 0.1) is 0 Å². The zero-order valence-electron chi connectivity index (χ0n) is 16.5. The van der Waals surface area contributed by atoms with Crippen LogP contribution in [0.2, 0.25) is 0 Å². The van der Waals surface area contributed by atoms with E-state index in [-0.39, 0.29) is 29.7 Å². The molecule has 0 heterocycles. The lowest BCUT2D eigenvalue weighted by atomic mass is 9.99. The van der Waals surface area contributed by atoms with Gasteiger partial charge in [-0.1, -0.05) is 24.3 Å².